The number of benzene rings is 1. The number of rotatable bonds is 4. The molecule has 118 valence electrons. The number of carbonyl (C=O) groups excluding carboxylic acids is 1. The lowest BCUT2D eigenvalue weighted by Crippen LogP contribution is -2.05. The van der Waals surface area contributed by atoms with Gasteiger partial charge in [0.1, 0.15) is 5.82 Å². The summed E-state index contributed by atoms with van der Waals surface area (Å²) >= 11 is 0. The van der Waals surface area contributed by atoms with Crippen molar-refractivity contribution < 1.29 is 19.1 Å². The zero-order valence-electron chi connectivity index (χ0n) is 11.9. The number of hydrogen-bond acceptors (Lipinski definition) is 4. The summed E-state index contributed by atoms with van der Waals surface area (Å²) in [7, 11) is -4.07. The molecular weight excluding hydrogens is 317 g/mol. The van der Waals surface area contributed by atoms with Gasteiger partial charge in [0, 0.05) is 23.6 Å². The molecule has 0 radical (unpaired) electrons. The number of nitrogens with zero attached hydrogens (tertiary/aromatic N) is 1. The van der Waals surface area contributed by atoms with E-state index in [4.69, 9.17) is 9.79 Å². The first kappa shape index (κ1) is 15.4. The fourth-order valence-corrected chi connectivity index (χ4v) is 2.95. The summed E-state index contributed by atoms with van der Waals surface area (Å²) in [4.78, 5) is 33.9. The van der Waals surface area contributed by atoms with Crippen LogP contribution in [0.25, 0.3) is 5.57 Å². The highest BCUT2D eigenvalue weighted by Gasteiger charge is 2.24. The molecule has 1 aliphatic rings. The quantitative estimate of drug-likeness (QED) is 0.505. The molecule has 23 heavy (non-hydrogen) atoms. The molecule has 0 aliphatic carbocycles. The third kappa shape index (κ3) is 3.65. The fraction of sp³-hybridized carbons (Fsp3) is 0.0667. The molecule has 8 heteroatoms. The molecule has 0 saturated heterocycles. The second-order valence-electron chi connectivity index (χ2n) is 5.08. The van der Waals surface area contributed by atoms with Gasteiger partial charge in [-0.25, -0.2) is 4.98 Å². The van der Waals surface area contributed by atoms with Crippen molar-refractivity contribution in [3.63, 3.8) is 0 Å². The van der Waals surface area contributed by atoms with Crippen LogP contribution in [-0.4, -0.2) is 20.7 Å². The molecule has 0 fully saturated rings. The summed E-state index contributed by atoms with van der Waals surface area (Å²) < 4.78 is 11.0. The van der Waals surface area contributed by atoms with Gasteiger partial charge in [-0.2, -0.15) is 0 Å². The summed E-state index contributed by atoms with van der Waals surface area (Å²) in [6, 6.07) is 10.2. The maximum absolute atomic E-state index is 11.9. The number of fused-ring (bicyclic) bond motifs is 1. The van der Waals surface area contributed by atoms with E-state index in [-0.39, 0.29) is 12.1 Å². The maximum atomic E-state index is 11.9. The maximum Gasteiger partial charge on any atom is 0.329 e. The monoisotopic (exact) mass is 331 g/mol. The number of pyridine rings is 1. The van der Waals surface area contributed by atoms with Crippen LogP contribution in [0.15, 0.2) is 48.8 Å². The molecule has 7 nitrogen and oxygen atoms in total. The summed E-state index contributed by atoms with van der Waals surface area (Å²) in [6.07, 6.45) is 2.89. The third-order valence-corrected chi connectivity index (χ3v) is 4.08. The van der Waals surface area contributed by atoms with Gasteiger partial charge in [-0.05, 0) is 29.8 Å². The van der Waals surface area contributed by atoms with Gasteiger partial charge in [-0.15, -0.1) is 0 Å². The van der Waals surface area contributed by atoms with Gasteiger partial charge in [-0.3, -0.25) is 9.36 Å². The average Bonchev–Trinajstić information content (AvgIpc) is 2.80. The highest BCUT2D eigenvalue weighted by molar-refractivity contribution is 7.50. The number of hydrogen-bond donors (Lipinski definition) is 4. The van der Waals surface area contributed by atoms with Gasteiger partial charge in [0.15, 0.2) is 0 Å². The summed E-state index contributed by atoms with van der Waals surface area (Å²) in [5.74, 6) is 0.298. The Hall–Kier alpha value is -2.47. The molecule has 0 saturated carbocycles. The molecule has 0 spiro atoms. The van der Waals surface area contributed by atoms with Crippen molar-refractivity contribution >= 4 is 30.6 Å². The Labute approximate surface area is 132 Å². The molecule has 0 unspecified atom stereocenters. The Balaban J connectivity index is 1.76. The van der Waals surface area contributed by atoms with Crippen LogP contribution in [0.5, 0.6) is 0 Å². The van der Waals surface area contributed by atoms with Gasteiger partial charge in [0.25, 0.3) is 5.91 Å². The van der Waals surface area contributed by atoms with Crippen LogP contribution in [0.4, 0.5) is 11.5 Å². The number of carbonyl (C=O) groups is 1. The predicted octanol–water partition coefficient (Wildman–Crippen LogP) is 2.16. The van der Waals surface area contributed by atoms with E-state index >= 15 is 0 Å². The van der Waals surface area contributed by atoms with E-state index in [0.29, 0.717) is 22.6 Å². The van der Waals surface area contributed by atoms with Crippen LogP contribution >= 0.6 is 7.60 Å². The van der Waals surface area contributed by atoms with Gasteiger partial charge < -0.3 is 20.4 Å². The Morgan fingerprint density at radius 3 is 2.65 bits per heavy atom. The Bertz CT molecular complexity index is 827. The van der Waals surface area contributed by atoms with E-state index in [2.05, 4.69) is 15.6 Å². The van der Waals surface area contributed by atoms with E-state index < -0.39 is 7.60 Å². The lowest BCUT2D eigenvalue weighted by atomic mass is 10.1. The Kier molecular flexibility index (Phi) is 4.00. The Morgan fingerprint density at radius 2 is 1.96 bits per heavy atom. The third-order valence-electron chi connectivity index (χ3n) is 3.30. The van der Waals surface area contributed by atoms with Gasteiger partial charge in [-0.1, -0.05) is 12.1 Å². The smallest absolute Gasteiger partial charge is 0.329 e. The first-order valence-corrected chi connectivity index (χ1v) is 8.59. The number of amides is 1. The van der Waals surface area contributed by atoms with Crippen molar-refractivity contribution in [1.82, 2.24) is 4.98 Å². The summed E-state index contributed by atoms with van der Waals surface area (Å²) in [5.41, 5.74) is 2.46. The van der Waals surface area contributed by atoms with E-state index in [0.717, 1.165) is 5.56 Å². The highest BCUT2D eigenvalue weighted by Crippen LogP contribution is 2.39. The second kappa shape index (κ2) is 5.96. The minimum absolute atomic E-state index is 0.232. The second-order valence-corrected chi connectivity index (χ2v) is 6.72. The molecule has 1 aromatic heterocycles. The molecule has 0 bridgehead atoms. The standard InChI is InChI=1S/C15H14N3O4P/c19-15-13(12-2-1-7-16-14(12)18-15)8-17-11-5-3-10(4-6-11)9-23(20,21)22/h1-8,17H,9H2,(H,16,18,19)(H2,20,21,22). The van der Waals surface area contributed by atoms with Crippen LogP contribution in [0.3, 0.4) is 0 Å². The lowest BCUT2D eigenvalue weighted by Gasteiger charge is -2.06. The van der Waals surface area contributed by atoms with Crippen molar-refractivity contribution in [2.45, 2.75) is 6.16 Å². The molecule has 1 aromatic carbocycles. The lowest BCUT2D eigenvalue weighted by molar-refractivity contribution is -0.110. The fourth-order valence-electron chi connectivity index (χ4n) is 2.26. The van der Waals surface area contributed by atoms with E-state index in [9.17, 15) is 9.36 Å². The first-order chi connectivity index (χ1) is 10.9. The van der Waals surface area contributed by atoms with Crippen LogP contribution in [0, 0.1) is 0 Å². The minimum atomic E-state index is -4.07. The van der Waals surface area contributed by atoms with Crippen LogP contribution in [-0.2, 0) is 15.5 Å². The van der Waals surface area contributed by atoms with Crippen molar-refractivity contribution in [3.05, 3.63) is 59.9 Å². The number of nitrogens with one attached hydrogen (secondary N) is 2. The molecule has 0 atom stereocenters. The topological polar surface area (TPSA) is 112 Å². The van der Waals surface area contributed by atoms with Crippen molar-refractivity contribution in [2.24, 2.45) is 0 Å². The SMILES string of the molecule is O=C1Nc2ncccc2C1=CNc1ccc(CP(=O)(O)O)cc1. The van der Waals surface area contributed by atoms with Gasteiger partial charge in [0.2, 0.25) is 0 Å². The van der Waals surface area contributed by atoms with E-state index in [1.807, 2.05) is 0 Å². The molecule has 2 aromatic rings. The summed E-state index contributed by atoms with van der Waals surface area (Å²) in [5, 5.41) is 5.68. The van der Waals surface area contributed by atoms with Crippen LogP contribution in [0.1, 0.15) is 11.1 Å². The van der Waals surface area contributed by atoms with Crippen LogP contribution in [0.2, 0.25) is 0 Å². The molecule has 4 N–H and O–H groups in total. The van der Waals surface area contributed by atoms with Crippen molar-refractivity contribution in [3.8, 4) is 0 Å². The average molecular weight is 331 g/mol. The largest absolute Gasteiger partial charge is 0.361 e. The predicted molar refractivity (Wildman–Crippen MR) is 86.7 cm³/mol. The first-order valence-electron chi connectivity index (χ1n) is 6.79. The molecule has 1 amide bonds. The molecule has 1 aliphatic heterocycles. The zero-order valence-corrected chi connectivity index (χ0v) is 12.8. The normalized spacial score (nSPS) is 15.4. The molecule has 2 heterocycles. The highest BCUT2D eigenvalue weighted by atomic mass is 31.2. The molecule has 3 rings (SSSR count). The minimum Gasteiger partial charge on any atom is -0.361 e. The Morgan fingerprint density at radius 1 is 1.22 bits per heavy atom. The number of aromatic nitrogens is 1. The number of anilines is 2. The summed E-state index contributed by atoms with van der Waals surface area (Å²) in [6.45, 7) is 0. The zero-order chi connectivity index (χ0) is 16.4. The van der Waals surface area contributed by atoms with Crippen molar-refractivity contribution in [2.75, 3.05) is 10.6 Å². The van der Waals surface area contributed by atoms with E-state index in [1.165, 1.54) is 0 Å². The van der Waals surface area contributed by atoms with Crippen LogP contribution < -0.4 is 10.6 Å². The van der Waals surface area contributed by atoms with Gasteiger partial charge >= 0.3 is 7.60 Å². The van der Waals surface area contributed by atoms with Gasteiger partial charge in [0.05, 0.1) is 11.7 Å². The van der Waals surface area contributed by atoms with Crippen molar-refractivity contribution in [1.29, 1.82) is 0 Å². The van der Waals surface area contributed by atoms with E-state index in [1.54, 1.807) is 48.8 Å². The molecular formula is C15H14N3O4P.